The van der Waals surface area contributed by atoms with Crippen LogP contribution in [0.15, 0.2) is 66.9 Å². The summed E-state index contributed by atoms with van der Waals surface area (Å²) in [4.78, 5) is 22.1. The van der Waals surface area contributed by atoms with E-state index >= 15 is 0 Å². The summed E-state index contributed by atoms with van der Waals surface area (Å²) in [6, 6.07) is 19.6. The van der Waals surface area contributed by atoms with Crippen molar-refractivity contribution < 1.29 is 9.53 Å². The van der Waals surface area contributed by atoms with E-state index in [9.17, 15) is 4.79 Å². The molecule has 0 atom stereocenters. The highest BCUT2D eigenvalue weighted by molar-refractivity contribution is 6.31. The fourth-order valence-corrected chi connectivity index (χ4v) is 3.65. The van der Waals surface area contributed by atoms with Gasteiger partial charge in [0.25, 0.3) is 0 Å². The van der Waals surface area contributed by atoms with E-state index < -0.39 is 0 Å². The van der Waals surface area contributed by atoms with E-state index in [1.807, 2.05) is 39.0 Å². The molecule has 3 aromatic carbocycles. The van der Waals surface area contributed by atoms with E-state index in [1.165, 1.54) is 0 Å². The van der Waals surface area contributed by atoms with Crippen molar-refractivity contribution >= 4 is 29.0 Å². The monoisotopic (exact) mass is 468 g/mol. The summed E-state index contributed by atoms with van der Waals surface area (Å²) >= 11 is 6.22. The zero-order chi connectivity index (χ0) is 24.2. The Balaban J connectivity index is 1.65. The Morgan fingerprint density at radius 1 is 1.00 bits per heavy atom. The fourth-order valence-electron chi connectivity index (χ4n) is 3.48. The molecule has 0 spiro atoms. The van der Waals surface area contributed by atoms with Crippen LogP contribution in [0.25, 0.3) is 0 Å². The summed E-state index contributed by atoms with van der Waals surface area (Å²) in [5, 5.41) is 12.5. The van der Waals surface area contributed by atoms with E-state index in [4.69, 9.17) is 21.6 Å². The maximum Gasteiger partial charge on any atom is 0.230 e. The topological polar surface area (TPSA) is 87.9 Å². The number of ketones is 1. The molecule has 1 heterocycles. The number of rotatable bonds is 6. The number of anilines is 2. The lowest BCUT2D eigenvalue weighted by Crippen LogP contribution is -2.06. The number of hydrogen-bond acceptors (Lipinski definition) is 6. The van der Waals surface area contributed by atoms with Gasteiger partial charge in [-0.3, -0.25) is 4.79 Å². The number of carbonyl (C=O) groups excluding carboxylic acids is 1. The van der Waals surface area contributed by atoms with Gasteiger partial charge in [-0.15, -0.1) is 0 Å². The molecule has 0 aliphatic heterocycles. The lowest BCUT2D eigenvalue weighted by molar-refractivity contribution is 0.103. The van der Waals surface area contributed by atoms with Gasteiger partial charge in [0.15, 0.2) is 5.78 Å². The molecule has 34 heavy (non-hydrogen) atoms. The van der Waals surface area contributed by atoms with Crippen LogP contribution in [0.4, 0.5) is 11.6 Å². The highest BCUT2D eigenvalue weighted by atomic mass is 35.5. The molecule has 4 rings (SSSR count). The maximum atomic E-state index is 13.4. The van der Waals surface area contributed by atoms with Crippen LogP contribution < -0.4 is 10.1 Å². The second kappa shape index (κ2) is 9.74. The summed E-state index contributed by atoms with van der Waals surface area (Å²) in [5.41, 5.74) is 4.89. The Bertz CT molecular complexity index is 1410. The number of nitrogens with zero attached hydrogens (tertiary/aromatic N) is 3. The first-order chi connectivity index (χ1) is 16.3. The molecule has 0 saturated heterocycles. The molecule has 168 valence electrons. The molecule has 0 amide bonds. The zero-order valence-electron chi connectivity index (χ0n) is 18.9. The van der Waals surface area contributed by atoms with E-state index in [0.717, 1.165) is 16.8 Å². The van der Waals surface area contributed by atoms with Gasteiger partial charge in [0, 0.05) is 28.0 Å². The van der Waals surface area contributed by atoms with Crippen LogP contribution in [-0.2, 0) is 0 Å². The number of aromatic nitrogens is 2. The summed E-state index contributed by atoms with van der Waals surface area (Å²) in [7, 11) is 0. The largest absolute Gasteiger partial charge is 0.438 e. The maximum absolute atomic E-state index is 13.4. The van der Waals surface area contributed by atoms with E-state index in [-0.39, 0.29) is 5.78 Å². The third-order valence-electron chi connectivity index (χ3n) is 5.07. The third-order valence-corrected chi connectivity index (χ3v) is 5.31. The molecule has 1 N–H and O–H groups in total. The Kier molecular flexibility index (Phi) is 6.58. The first-order valence-electron chi connectivity index (χ1n) is 10.5. The van der Waals surface area contributed by atoms with Gasteiger partial charge in [0.2, 0.25) is 11.8 Å². The van der Waals surface area contributed by atoms with Crippen LogP contribution >= 0.6 is 11.6 Å². The lowest BCUT2D eigenvalue weighted by atomic mass is 9.99. The molecule has 0 saturated carbocycles. The van der Waals surface area contributed by atoms with Crippen LogP contribution in [0.5, 0.6) is 11.6 Å². The Labute approximate surface area is 202 Å². The predicted octanol–water partition coefficient (Wildman–Crippen LogP) is 6.69. The standard InChI is InChI=1S/C27H21ClN4O2/c1-16-10-17(2)12-20(11-16)25(33)23-13-21(28)6-9-24(23)34-26-18(3)15-30-27(32-26)31-22-7-4-19(14-29)5-8-22/h4-13,15H,1-3H3,(H,30,31,32). The molecular formula is C27H21ClN4O2. The Morgan fingerprint density at radius 3 is 2.38 bits per heavy atom. The number of benzene rings is 3. The van der Waals surface area contributed by atoms with Crippen LogP contribution in [0.1, 0.15) is 38.2 Å². The van der Waals surface area contributed by atoms with Crippen molar-refractivity contribution in [3.63, 3.8) is 0 Å². The molecule has 6 nitrogen and oxygen atoms in total. The van der Waals surface area contributed by atoms with E-state index in [2.05, 4.69) is 21.4 Å². The number of ether oxygens (including phenoxy) is 1. The van der Waals surface area contributed by atoms with Crippen LogP contribution in [0.2, 0.25) is 5.02 Å². The summed E-state index contributed by atoms with van der Waals surface area (Å²) in [6.45, 7) is 5.72. The number of aryl methyl sites for hydroxylation is 3. The Hall–Kier alpha value is -4.21. The first kappa shape index (κ1) is 23.0. The van der Waals surface area contributed by atoms with Crippen molar-refractivity contribution in [1.82, 2.24) is 9.97 Å². The highest BCUT2D eigenvalue weighted by Crippen LogP contribution is 2.31. The Morgan fingerprint density at radius 2 is 1.71 bits per heavy atom. The summed E-state index contributed by atoms with van der Waals surface area (Å²) in [6.07, 6.45) is 1.63. The van der Waals surface area contributed by atoms with E-state index in [0.29, 0.717) is 44.9 Å². The molecule has 0 radical (unpaired) electrons. The molecule has 7 heteroatoms. The first-order valence-corrected chi connectivity index (χ1v) is 10.9. The summed E-state index contributed by atoms with van der Waals surface area (Å²) in [5.74, 6) is 0.788. The average molecular weight is 469 g/mol. The molecular weight excluding hydrogens is 448 g/mol. The van der Waals surface area contributed by atoms with Gasteiger partial charge < -0.3 is 10.1 Å². The molecule has 0 bridgehead atoms. The minimum Gasteiger partial charge on any atom is -0.438 e. The SMILES string of the molecule is Cc1cc(C)cc(C(=O)c2cc(Cl)ccc2Oc2nc(Nc3ccc(C#N)cc3)ncc2C)c1. The average Bonchev–Trinajstić information content (AvgIpc) is 2.81. The number of carbonyl (C=O) groups is 1. The van der Waals surface area contributed by atoms with Gasteiger partial charge >= 0.3 is 0 Å². The number of nitrogens with one attached hydrogen (secondary N) is 1. The van der Waals surface area contributed by atoms with Crippen molar-refractivity contribution in [2.24, 2.45) is 0 Å². The second-order valence-corrected chi connectivity index (χ2v) is 8.38. The third kappa shape index (κ3) is 5.22. The normalized spacial score (nSPS) is 10.4. The number of hydrogen-bond donors (Lipinski definition) is 1. The lowest BCUT2D eigenvalue weighted by Gasteiger charge is -2.14. The van der Waals surface area contributed by atoms with E-state index in [1.54, 1.807) is 48.7 Å². The minimum atomic E-state index is -0.188. The second-order valence-electron chi connectivity index (χ2n) is 7.94. The van der Waals surface area contributed by atoms with Crippen molar-refractivity contribution in [2.75, 3.05) is 5.32 Å². The molecule has 0 fully saturated rings. The predicted molar refractivity (Wildman–Crippen MR) is 132 cm³/mol. The quantitative estimate of drug-likeness (QED) is 0.317. The zero-order valence-corrected chi connectivity index (χ0v) is 19.6. The van der Waals surface area contributed by atoms with Gasteiger partial charge in [0.1, 0.15) is 5.75 Å². The van der Waals surface area contributed by atoms with Crippen molar-refractivity contribution in [3.05, 3.63) is 105 Å². The molecule has 0 aliphatic rings. The van der Waals surface area contributed by atoms with Gasteiger partial charge in [-0.2, -0.15) is 10.2 Å². The molecule has 0 unspecified atom stereocenters. The number of nitriles is 1. The van der Waals surface area contributed by atoms with Crippen LogP contribution in [0.3, 0.4) is 0 Å². The minimum absolute atomic E-state index is 0.188. The summed E-state index contributed by atoms with van der Waals surface area (Å²) < 4.78 is 6.10. The van der Waals surface area contributed by atoms with Crippen molar-refractivity contribution in [2.45, 2.75) is 20.8 Å². The van der Waals surface area contributed by atoms with Gasteiger partial charge in [-0.1, -0.05) is 28.8 Å². The van der Waals surface area contributed by atoms with Crippen molar-refractivity contribution in [3.8, 4) is 17.7 Å². The smallest absolute Gasteiger partial charge is 0.230 e. The van der Waals surface area contributed by atoms with Gasteiger partial charge in [-0.25, -0.2) is 4.98 Å². The molecule has 1 aromatic heterocycles. The fraction of sp³-hybridized carbons (Fsp3) is 0.111. The highest BCUT2D eigenvalue weighted by Gasteiger charge is 2.18. The molecule has 0 aliphatic carbocycles. The van der Waals surface area contributed by atoms with Gasteiger partial charge in [0.05, 0.1) is 17.2 Å². The van der Waals surface area contributed by atoms with Crippen molar-refractivity contribution in [1.29, 1.82) is 5.26 Å². The van der Waals surface area contributed by atoms with Crippen LogP contribution in [-0.4, -0.2) is 15.8 Å². The van der Waals surface area contributed by atoms with Gasteiger partial charge in [-0.05, 0) is 75.4 Å². The number of halogens is 1. The van der Waals surface area contributed by atoms with Crippen LogP contribution in [0, 0.1) is 32.1 Å². The molecule has 4 aromatic rings.